The number of hydrogen-bond acceptors (Lipinski definition) is 4. The largest absolute Gasteiger partial charge is 0.478 e. The molecule has 0 radical (unpaired) electrons. The highest BCUT2D eigenvalue weighted by atomic mass is 16.4. The van der Waals surface area contributed by atoms with Gasteiger partial charge in [0.1, 0.15) is 0 Å². The van der Waals surface area contributed by atoms with E-state index >= 15 is 0 Å². The Hall–Kier alpha value is -4.36. The number of fused-ring (bicyclic) bond motifs is 2. The number of nitrogens with one attached hydrogen (secondary N) is 1. The van der Waals surface area contributed by atoms with Gasteiger partial charge in [-0.2, -0.15) is 0 Å². The predicted octanol–water partition coefficient (Wildman–Crippen LogP) is 5.82. The molecule has 39 heavy (non-hydrogen) atoms. The standard InChI is InChI=1S/C32H32N4O3/c1-34-16-13-22-18-23(9-11-27(22)34)30(29-26-19-24(32(38)39)10-12-28(26)35(2)31(29)37)33-25-8-6-7-21(17-25)20-36-14-4-3-5-15-36/h6-13,16-19,33H,3-5,14-15,20H2,1-2H3,(H,38,39). The third-order valence-electron chi connectivity index (χ3n) is 7.87. The second-order valence-electron chi connectivity index (χ2n) is 10.5. The van der Waals surface area contributed by atoms with Crippen LogP contribution < -0.4 is 10.2 Å². The lowest BCUT2D eigenvalue weighted by atomic mass is 9.97. The molecule has 1 amide bonds. The molecule has 6 rings (SSSR count). The molecule has 0 aliphatic carbocycles. The van der Waals surface area contributed by atoms with Gasteiger partial charge >= 0.3 is 5.97 Å². The molecule has 2 N–H and O–H groups in total. The van der Waals surface area contributed by atoms with Crippen LogP contribution in [0.2, 0.25) is 0 Å². The van der Waals surface area contributed by atoms with Gasteiger partial charge in [-0.3, -0.25) is 9.69 Å². The van der Waals surface area contributed by atoms with Gasteiger partial charge in [0, 0.05) is 49.0 Å². The minimum atomic E-state index is -1.02. The van der Waals surface area contributed by atoms with Crippen LogP contribution in [0.4, 0.5) is 11.4 Å². The topological polar surface area (TPSA) is 77.8 Å². The molecule has 0 bridgehead atoms. The van der Waals surface area contributed by atoms with Gasteiger partial charge in [-0.15, -0.1) is 0 Å². The first-order chi connectivity index (χ1) is 18.9. The molecule has 2 aliphatic rings. The second-order valence-corrected chi connectivity index (χ2v) is 10.5. The Bertz CT molecular complexity index is 1630. The smallest absolute Gasteiger partial charge is 0.335 e. The Balaban J connectivity index is 1.48. The maximum atomic E-state index is 13.7. The van der Waals surface area contributed by atoms with Crippen LogP contribution in [-0.4, -0.2) is 46.6 Å². The number of piperidine rings is 1. The molecular weight excluding hydrogens is 488 g/mol. The quantitative estimate of drug-likeness (QED) is 0.313. The van der Waals surface area contributed by atoms with E-state index < -0.39 is 5.97 Å². The number of amides is 1. The highest BCUT2D eigenvalue weighted by Gasteiger charge is 2.34. The summed E-state index contributed by atoms with van der Waals surface area (Å²) in [4.78, 5) is 29.6. The number of carboxylic acid groups (broad SMARTS) is 1. The number of nitrogens with zero attached hydrogens (tertiary/aromatic N) is 3. The highest BCUT2D eigenvalue weighted by molar-refractivity contribution is 6.38. The first kappa shape index (κ1) is 24.9. The summed E-state index contributed by atoms with van der Waals surface area (Å²) in [5.74, 6) is -1.20. The molecule has 7 heteroatoms. The maximum absolute atomic E-state index is 13.7. The Labute approximate surface area is 228 Å². The Morgan fingerprint density at radius 1 is 0.923 bits per heavy atom. The third-order valence-corrected chi connectivity index (χ3v) is 7.87. The SMILES string of the molecule is CN1C(=O)C(=C(Nc2cccc(CN3CCCCC3)c2)c2ccc3c(ccn3C)c2)c2cc(C(=O)O)ccc21. The number of aryl methyl sites for hydroxylation is 1. The fraction of sp³-hybridized carbons (Fsp3) is 0.250. The van der Waals surface area contributed by atoms with E-state index in [0.717, 1.165) is 41.8 Å². The van der Waals surface area contributed by atoms with Crippen LogP contribution in [0.5, 0.6) is 0 Å². The summed E-state index contributed by atoms with van der Waals surface area (Å²) in [5, 5.41) is 14.3. The number of hydrogen-bond donors (Lipinski definition) is 2. The van der Waals surface area contributed by atoms with Crippen molar-refractivity contribution in [3.8, 4) is 0 Å². The minimum Gasteiger partial charge on any atom is -0.478 e. The maximum Gasteiger partial charge on any atom is 0.335 e. The van der Waals surface area contributed by atoms with E-state index in [1.165, 1.54) is 24.8 Å². The molecule has 198 valence electrons. The van der Waals surface area contributed by atoms with Gasteiger partial charge in [-0.1, -0.05) is 24.6 Å². The zero-order valence-electron chi connectivity index (χ0n) is 22.3. The van der Waals surface area contributed by atoms with E-state index in [0.29, 0.717) is 22.5 Å². The van der Waals surface area contributed by atoms with Gasteiger partial charge in [0.15, 0.2) is 0 Å². The number of rotatable bonds is 6. The lowest BCUT2D eigenvalue weighted by molar-refractivity contribution is -0.112. The summed E-state index contributed by atoms with van der Waals surface area (Å²) < 4.78 is 2.06. The van der Waals surface area contributed by atoms with Crippen molar-refractivity contribution in [2.45, 2.75) is 25.8 Å². The van der Waals surface area contributed by atoms with E-state index in [9.17, 15) is 14.7 Å². The summed E-state index contributed by atoms with van der Waals surface area (Å²) in [6, 6.07) is 21.4. The number of aromatic nitrogens is 1. The number of benzene rings is 3. The van der Waals surface area contributed by atoms with Crippen LogP contribution in [0, 0.1) is 0 Å². The summed E-state index contributed by atoms with van der Waals surface area (Å²) in [5.41, 5.74) is 6.64. The number of likely N-dealkylation sites (N-methyl/N-ethyl adjacent to an activating group) is 1. The molecule has 1 aromatic heterocycles. The van der Waals surface area contributed by atoms with Crippen molar-refractivity contribution in [3.63, 3.8) is 0 Å². The first-order valence-corrected chi connectivity index (χ1v) is 13.4. The zero-order chi connectivity index (χ0) is 27.1. The minimum absolute atomic E-state index is 0.149. The average Bonchev–Trinajstić information content (AvgIpc) is 3.43. The average molecular weight is 521 g/mol. The molecule has 0 atom stereocenters. The summed E-state index contributed by atoms with van der Waals surface area (Å²) in [6.07, 6.45) is 5.79. The number of anilines is 2. The molecule has 2 aliphatic heterocycles. The van der Waals surface area contributed by atoms with Gasteiger partial charge in [0.25, 0.3) is 5.91 Å². The molecule has 7 nitrogen and oxygen atoms in total. The number of carboxylic acids is 1. The van der Waals surface area contributed by atoms with Crippen LogP contribution in [0.25, 0.3) is 22.2 Å². The summed E-state index contributed by atoms with van der Waals surface area (Å²) >= 11 is 0. The van der Waals surface area contributed by atoms with Gasteiger partial charge in [-0.25, -0.2) is 4.79 Å². The van der Waals surface area contributed by atoms with E-state index in [-0.39, 0.29) is 11.5 Å². The molecule has 3 aromatic carbocycles. The first-order valence-electron chi connectivity index (χ1n) is 13.4. The number of likely N-dealkylation sites (tertiary alicyclic amines) is 1. The molecule has 0 unspecified atom stereocenters. The summed E-state index contributed by atoms with van der Waals surface area (Å²) in [6.45, 7) is 3.13. The number of carbonyl (C=O) groups is 2. The fourth-order valence-corrected chi connectivity index (χ4v) is 5.78. The van der Waals surface area contributed by atoms with Crippen LogP contribution in [-0.2, 0) is 18.4 Å². The van der Waals surface area contributed by atoms with Crippen molar-refractivity contribution < 1.29 is 14.7 Å². The molecule has 0 saturated carbocycles. The van der Waals surface area contributed by atoms with Crippen LogP contribution >= 0.6 is 0 Å². The van der Waals surface area contributed by atoms with Gasteiger partial charge < -0.3 is 19.9 Å². The van der Waals surface area contributed by atoms with Gasteiger partial charge in [0.05, 0.1) is 22.5 Å². The Kier molecular flexibility index (Phi) is 6.45. The van der Waals surface area contributed by atoms with E-state index in [2.05, 4.69) is 45.1 Å². The van der Waals surface area contributed by atoms with E-state index in [1.807, 2.05) is 31.4 Å². The lowest BCUT2D eigenvalue weighted by Gasteiger charge is -2.26. The molecule has 1 saturated heterocycles. The van der Waals surface area contributed by atoms with Crippen LogP contribution in [0.3, 0.4) is 0 Å². The molecule has 3 heterocycles. The molecular formula is C32H32N4O3. The highest BCUT2D eigenvalue weighted by Crippen LogP contribution is 2.41. The predicted molar refractivity (Wildman–Crippen MR) is 156 cm³/mol. The van der Waals surface area contributed by atoms with E-state index in [4.69, 9.17) is 0 Å². The van der Waals surface area contributed by atoms with Crippen molar-refractivity contribution in [3.05, 3.63) is 95.2 Å². The number of aromatic carboxylic acids is 1. The van der Waals surface area contributed by atoms with E-state index in [1.54, 1.807) is 30.1 Å². The Morgan fingerprint density at radius 2 is 1.72 bits per heavy atom. The van der Waals surface area contributed by atoms with Crippen LogP contribution in [0.15, 0.2) is 72.9 Å². The monoisotopic (exact) mass is 520 g/mol. The summed E-state index contributed by atoms with van der Waals surface area (Å²) in [7, 11) is 3.73. The zero-order valence-corrected chi connectivity index (χ0v) is 22.3. The second kappa shape index (κ2) is 10.1. The van der Waals surface area contributed by atoms with Crippen molar-refractivity contribution in [2.24, 2.45) is 7.05 Å². The van der Waals surface area contributed by atoms with Gasteiger partial charge in [0.2, 0.25) is 0 Å². The normalized spacial score (nSPS) is 17.0. The van der Waals surface area contributed by atoms with Crippen molar-refractivity contribution >= 4 is 45.4 Å². The molecule has 4 aromatic rings. The lowest BCUT2D eigenvalue weighted by Crippen LogP contribution is -2.29. The van der Waals surface area contributed by atoms with Crippen molar-refractivity contribution in [2.75, 3.05) is 30.4 Å². The fourth-order valence-electron chi connectivity index (χ4n) is 5.78. The van der Waals surface area contributed by atoms with Crippen LogP contribution in [0.1, 0.15) is 46.3 Å². The van der Waals surface area contributed by atoms with Gasteiger partial charge in [-0.05, 0) is 85.6 Å². The third kappa shape index (κ3) is 4.70. The van der Waals surface area contributed by atoms with Crippen molar-refractivity contribution in [1.29, 1.82) is 0 Å². The molecule has 0 spiro atoms. The molecule has 1 fully saturated rings. The Morgan fingerprint density at radius 3 is 2.51 bits per heavy atom. The number of carbonyl (C=O) groups excluding carboxylic acids is 1. The van der Waals surface area contributed by atoms with Crippen molar-refractivity contribution in [1.82, 2.24) is 9.47 Å².